The van der Waals surface area contributed by atoms with Crippen molar-refractivity contribution in [1.82, 2.24) is 14.9 Å². The van der Waals surface area contributed by atoms with E-state index in [9.17, 15) is 14.4 Å². The summed E-state index contributed by atoms with van der Waals surface area (Å²) < 4.78 is 1.18. The van der Waals surface area contributed by atoms with Crippen molar-refractivity contribution in [3.05, 3.63) is 68.5 Å². The highest BCUT2D eigenvalue weighted by atomic mass is 16.2. The molecule has 1 fully saturated rings. The van der Waals surface area contributed by atoms with Crippen LogP contribution >= 0.6 is 0 Å². The summed E-state index contributed by atoms with van der Waals surface area (Å²) in [5, 5.41) is 2.87. The first-order valence-corrected chi connectivity index (χ1v) is 7.90. The van der Waals surface area contributed by atoms with Crippen molar-refractivity contribution in [2.45, 2.75) is 25.7 Å². The van der Waals surface area contributed by atoms with Crippen LogP contribution in [0.5, 0.6) is 0 Å². The number of aromatic nitrogens is 2. The molecule has 0 unspecified atom stereocenters. The predicted molar refractivity (Wildman–Crippen MR) is 91.2 cm³/mol. The average Bonchev–Trinajstić information content (AvgIpc) is 3.12. The van der Waals surface area contributed by atoms with E-state index in [1.807, 2.05) is 18.2 Å². The van der Waals surface area contributed by atoms with Crippen LogP contribution in [0.2, 0.25) is 0 Å². The fourth-order valence-electron chi connectivity index (χ4n) is 3.42. The highest BCUT2D eigenvalue weighted by Crippen LogP contribution is 2.63. The number of benzene rings is 1. The lowest BCUT2D eigenvalue weighted by molar-refractivity contribution is 0.0945. The number of amides is 1. The first-order valence-electron chi connectivity index (χ1n) is 7.90. The summed E-state index contributed by atoms with van der Waals surface area (Å²) in [5.41, 5.74) is -0.127. The number of nitrogens with zero attached hydrogens (tertiary/aromatic N) is 1. The van der Waals surface area contributed by atoms with Gasteiger partial charge < -0.3 is 9.88 Å². The molecule has 1 aromatic carbocycles. The molecule has 3 rings (SSSR count). The minimum atomic E-state index is -0.667. The maximum absolute atomic E-state index is 12.4. The molecular weight excluding hydrogens is 306 g/mol. The zero-order valence-corrected chi connectivity index (χ0v) is 14.1. The SMILES string of the molecule is Cn1cc(C(=O)NC[C@]2(c3ccccc3)CC2(C)C)c(=O)[nH]c1=O. The normalized spacial score (nSPS) is 21.3. The number of aromatic amines is 1. The fraction of sp³-hybridized carbons (Fsp3) is 0.389. The first-order chi connectivity index (χ1) is 11.3. The first kappa shape index (κ1) is 16.2. The van der Waals surface area contributed by atoms with Crippen molar-refractivity contribution in [2.24, 2.45) is 12.5 Å². The zero-order valence-electron chi connectivity index (χ0n) is 14.1. The van der Waals surface area contributed by atoms with E-state index in [0.717, 1.165) is 6.42 Å². The second-order valence-electron chi connectivity index (χ2n) is 7.10. The van der Waals surface area contributed by atoms with E-state index >= 15 is 0 Å². The number of nitrogens with one attached hydrogen (secondary N) is 2. The lowest BCUT2D eigenvalue weighted by Crippen LogP contribution is -2.39. The van der Waals surface area contributed by atoms with Gasteiger partial charge in [-0.25, -0.2) is 4.79 Å². The maximum Gasteiger partial charge on any atom is 0.328 e. The summed E-state index contributed by atoms with van der Waals surface area (Å²) in [6.45, 7) is 4.79. The van der Waals surface area contributed by atoms with E-state index < -0.39 is 17.2 Å². The molecular formula is C18H21N3O3. The molecule has 6 heteroatoms. The molecule has 2 N–H and O–H groups in total. The van der Waals surface area contributed by atoms with Gasteiger partial charge in [0.15, 0.2) is 0 Å². The molecule has 126 valence electrons. The molecule has 1 amide bonds. The van der Waals surface area contributed by atoms with Crippen LogP contribution in [0.4, 0.5) is 0 Å². The second kappa shape index (κ2) is 5.47. The number of carbonyl (C=O) groups is 1. The molecule has 1 aliphatic rings. The molecule has 0 saturated heterocycles. The van der Waals surface area contributed by atoms with Gasteiger partial charge in [-0.1, -0.05) is 44.2 Å². The van der Waals surface area contributed by atoms with Crippen molar-refractivity contribution in [1.29, 1.82) is 0 Å². The van der Waals surface area contributed by atoms with Gasteiger partial charge in [0.2, 0.25) is 0 Å². The summed E-state index contributed by atoms with van der Waals surface area (Å²) in [6, 6.07) is 10.1. The van der Waals surface area contributed by atoms with Crippen LogP contribution in [0, 0.1) is 5.41 Å². The van der Waals surface area contributed by atoms with E-state index in [2.05, 4.69) is 36.3 Å². The van der Waals surface area contributed by atoms with Crippen LogP contribution in [-0.2, 0) is 12.5 Å². The Morgan fingerprint density at radius 1 is 1.25 bits per heavy atom. The van der Waals surface area contributed by atoms with Crippen LogP contribution in [-0.4, -0.2) is 22.0 Å². The molecule has 0 bridgehead atoms. The smallest absolute Gasteiger partial charge is 0.328 e. The summed E-state index contributed by atoms with van der Waals surface area (Å²) in [4.78, 5) is 37.8. The van der Waals surface area contributed by atoms with Crippen LogP contribution in [0.25, 0.3) is 0 Å². The molecule has 1 atom stereocenters. The Morgan fingerprint density at radius 2 is 1.88 bits per heavy atom. The van der Waals surface area contributed by atoms with Crippen molar-refractivity contribution in [3.8, 4) is 0 Å². The van der Waals surface area contributed by atoms with Crippen molar-refractivity contribution in [3.63, 3.8) is 0 Å². The second-order valence-corrected chi connectivity index (χ2v) is 7.10. The van der Waals surface area contributed by atoms with Crippen LogP contribution in [0.1, 0.15) is 36.2 Å². The molecule has 1 saturated carbocycles. The third kappa shape index (κ3) is 2.58. The van der Waals surface area contributed by atoms with Crippen molar-refractivity contribution < 1.29 is 4.79 Å². The molecule has 24 heavy (non-hydrogen) atoms. The number of rotatable bonds is 4. The Hall–Kier alpha value is -2.63. The minimum absolute atomic E-state index is 0.0567. The Bertz CT molecular complexity index is 896. The van der Waals surface area contributed by atoms with E-state index in [1.54, 1.807) is 0 Å². The van der Waals surface area contributed by atoms with Gasteiger partial charge in [-0.15, -0.1) is 0 Å². The highest BCUT2D eigenvalue weighted by molar-refractivity contribution is 5.93. The monoisotopic (exact) mass is 327 g/mol. The van der Waals surface area contributed by atoms with E-state index in [4.69, 9.17) is 0 Å². The third-order valence-corrected chi connectivity index (χ3v) is 5.14. The summed E-state index contributed by atoms with van der Waals surface area (Å²) >= 11 is 0. The summed E-state index contributed by atoms with van der Waals surface area (Å²) in [6.07, 6.45) is 2.23. The van der Waals surface area contributed by atoms with E-state index in [1.165, 1.54) is 23.4 Å². The van der Waals surface area contributed by atoms with Gasteiger partial charge in [0.1, 0.15) is 5.56 Å². The predicted octanol–water partition coefficient (Wildman–Crippen LogP) is 1.17. The maximum atomic E-state index is 12.4. The molecule has 1 heterocycles. The van der Waals surface area contributed by atoms with Gasteiger partial charge in [0, 0.05) is 25.2 Å². The molecule has 6 nitrogen and oxygen atoms in total. The average molecular weight is 327 g/mol. The van der Waals surface area contributed by atoms with Crippen molar-refractivity contribution >= 4 is 5.91 Å². The largest absolute Gasteiger partial charge is 0.351 e. The molecule has 0 radical (unpaired) electrons. The number of carbonyl (C=O) groups excluding carboxylic acids is 1. The number of H-pyrrole nitrogens is 1. The minimum Gasteiger partial charge on any atom is -0.351 e. The standard InChI is InChI=1S/C18H21N3O3/c1-17(2)10-18(17,12-7-5-4-6-8-12)11-19-14(22)13-9-21(3)16(24)20-15(13)23/h4-9H,10-11H2,1-3H3,(H,19,22)(H,20,23,24)/t18-/m0/s1. The number of hydrogen-bond donors (Lipinski definition) is 2. The lowest BCUT2D eigenvalue weighted by atomic mass is 9.88. The van der Waals surface area contributed by atoms with Crippen LogP contribution < -0.4 is 16.6 Å². The third-order valence-electron chi connectivity index (χ3n) is 5.14. The van der Waals surface area contributed by atoms with Crippen LogP contribution in [0.15, 0.2) is 46.1 Å². The Morgan fingerprint density at radius 3 is 2.46 bits per heavy atom. The van der Waals surface area contributed by atoms with Gasteiger partial charge in [0.25, 0.3) is 11.5 Å². The highest BCUT2D eigenvalue weighted by Gasteiger charge is 2.61. The molecule has 1 aliphatic carbocycles. The lowest BCUT2D eigenvalue weighted by Gasteiger charge is -2.22. The van der Waals surface area contributed by atoms with E-state index in [0.29, 0.717) is 6.54 Å². The summed E-state index contributed by atoms with van der Waals surface area (Å²) in [5.74, 6) is -0.468. The van der Waals surface area contributed by atoms with Crippen molar-refractivity contribution in [2.75, 3.05) is 6.54 Å². The quantitative estimate of drug-likeness (QED) is 0.884. The van der Waals surface area contributed by atoms with Crippen LogP contribution in [0.3, 0.4) is 0 Å². The Labute approximate surface area is 139 Å². The van der Waals surface area contributed by atoms with Gasteiger partial charge in [-0.05, 0) is 17.4 Å². The van der Waals surface area contributed by atoms with Gasteiger partial charge in [-0.2, -0.15) is 0 Å². The van der Waals surface area contributed by atoms with Gasteiger partial charge >= 0.3 is 5.69 Å². The molecule has 1 aromatic heterocycles. The number of hydrogen-bond acceptors (Lipinski definition) is 3. The van der Waals surface area contributed by atoms with Gasteiger partial charge in [0.05, 0.1) is 0 Å². The van der Waals surface area contributed by atoms with Gasteiger partial charge in [-0.3, -0.25) is 14.6 Å². The molecule has 2 aromatic rings. The Balaban J connectivity index is 1.82. The summed E-state index contributed by atoms with van der Waals surface area (Å²) in [7, 11) is 1.49. The zero-order chi connectivity index (χ0) is 17.5. The fourth-order valence-corrected chi connectivity index (χ4v) is 3.42. The molecule has 0 aliphatic heterocycles. The van der Waals surface area contributed by atoms with E-state index in [-0.39, 0.29) is 16.4 Å². The molecule has 0 spiro atoms. The number of aryl methyl sites for hydroxylation is 1. The Kier molecular flexibility index (Phi) is 3.70. The topological polar surface area (TPSA) is 84.0 Å².